The predicted molar refractivity (Wildman–Crippen MR) is 106 cm³/mol. The summed E-state index contributed by atoms with van der Waals surface area (Å²) in [6, 6.07) is 15.2. The van der Waals surface area contributed by atoms with Gasteiger partial charge in [0.2, 0.25) is 5.91 Å². The Hall–Kier alpha value is -1.52. The van der Waals surface area contributed by atoms with Gasteiger partial charge >= 0.3 is 0 Å². The first-order valence-corrected chi connectivity index (χ1v) is 10.5. The summed E-state index contributed by atoms with van der Waals surface area (Å²) in [4.78, 5) is 17.3. The highest BCUT2D eigenvalue weighted by Crippen LogP contribution is 2.25. The summed E-state index contributed by atoms with van der Waals surface area (Å²) >= 11 is 1.96. The summed E-state index contributed by atoms with van der Waals surface area (Å²) in [6.45, 7) is 4.94. The molecule has 2 aromatic rings. The van der Waals surface area contributed by atoms with Gasteiger partial charge in [0.05, 0.1) is 0 Å². The Labute approximate surface area is 154 Å². The van der Waals surface area contributed by atoms with Gasteiger partial charge in [0, 0.05) is 37.1 Å². The van der Waals surface area contributed by atoms with Gasteiger partial charge in [-0.1, -0.05) is 42.5 Å². The maximum Gasteiger partial charge on any atom is 0.225 e. The predicted octanol–water partition coefficient (Wildman–Crippen LogP) is 3.63. The number of carbonyl (C=O) groups is 1. The lowest BCUT2D eigenvalue weighted by atomic mass is 9.94. The SMILES string of the molecule is O=C(C1CCN(Cc2cccc3ccccc23)CC1)N1CCSCC1. The second kappa shape index (κ2) is 7.79. The number of thioether (sulfide) groups is 1. The molecule has 0 atom stereocenters. The molecule has 25 heavy (non-hydrogen) atoms. The van der Waals surface area contributed by atoms with Crippen LogP contribution < -0.4 is 0 Å². The largest absolute Gasteiger partial charge is 0.341 e. The fraction of sp³-hybridized carbons (Fsp3) is 0.476. The maximum absolute atomic E-state index is 12.7. The van der Waals surface area contributed by atoms with Crippen LogP contribution in [0.5, 0.6) is 0 Å². The fourth-order valence-corrected chi connectivity index (χ4v) is 4.95. The van der Waals surface area contributed by atoms with Crippen molar-refractivity contribution >= 4 is 28.4 Å². The lowest BCUT2D eigenvalue weighted by Crippen LogP contribution is -2.45. The van der Waals surface area contributed by atoms with E-state index >= 15 is 0 Å². The second-order valence-corrected chi connectivity index (χ2v) is 8.35. The molecule has 3 nitrogen and oxygen atoms in total. The van der Waals surface area contributed by atoms with E-state index in [9.17, 15) is 4.79 Å². The molecule has 1 amide bonds. The average molecular weight is 355 g/mol. The molecule has 2 aliphatic rings. The molecule has 2 aliphatic heterocycles. The molecule has 2 saturated heterocycles. The Morgan fingerprint density at radius 3 is 2.48 bits per heavy atom. The molecular formula is C21H26N2OS. The van der Waals surface area contributed by atoms with Crippen molar-refractivity contribution < 1.29 is 4.79 Å². The summed E-state index contributed by atoms with van der Waals surface area (Å²) < 4.78 is 0. The van der Waals surface area contributed by atoms with E-state index in [2.05, 4.69) is 52.3 Å². The number of hydrogen-bond donors (Lipinski definition) is 0. The van der Waals surface area contributed by atoms with Gasteiger partial charge in [-0.05, 0) is 42.3 Å². The van der Waals surface area contributed by atoms with Gasteiger partial charge in [-0.2, -0.15) is 11.8 Å². The zero-order chi connectivity index (χ0) is 17.1. The molecular weight excluding hydrogens is 328 g/mol. The Morgan fingerprint density at radius 1 is 0.960 bits per heavy atom. The third kappa shape index (κ3) is 3.85. The van der Waals surface area contributed by atoms with E-state index in [1.807, 2.05) is 11.8 Å². The first kappa shape index (κ1) is 16.9. The van der Waals surface area contributed by atoms with Gasteiger partial charge in [0.25, 0.3) is 0 Å². The number of fused-ring (bicyclic) bond motifs is 1. The first-order chi connectivity index (χ1) is 12.3. The van der Waals surface area contributed by atoms with Crippen molar-refractivity contribution in [3.05, 3.63) is 48.0 Å². The Balaban J connectivity index is 1.36. The molecule has 0 spiro atoms. The molecule has 4 heteroatoms. The molecule has 0 N–H and O–H groups in total. The summed E-state index contributed by atoms with van der Waals surface area (Å²) in [5.41, 5.74) is 1.40. The topological polar surface area (TPSA) is 23.6 Å². The van der Waals surface area contributed by atoms with Crippen molar-refractivity contribution in [2.45, 2.75) is 19.4 Å². The van der Waals surface area contributed by atoms with E-state index < -0.39 is 0 Å². The van der Waals surface area contributed by atoms with E-state index in [0.717, 1.165) is 57.1 Å². The van der Waals surface area contributed by atoms with Gasteiger partial charge in [-0.3, -0.25) is 9.69 Å². The molecule has 0 unspecified atom stereocenters. The average Bonchev–Trinajstić information content (AvgIpc) is 2.69. The number of carbonyl (C=O) groups excluding carboxylic acids is 1. The first-order valence-electron chi connectivity index (χ1n) is 9.37. The lowest BCUT2D eigenvalue weighted by molar-refractivity contribution is -0.136. The summed E-state index contributed by atoms with van der Waals surface area (Å²) in [5.74, 6) is 2.86. The highest BCUT2D eigenvalue weighted by atomic mass is 32.2. The highest BCUT2D eigenvalue weighted by molar-refractivity contribution is 7.99. The monoisotopic (exact) mass is 354 g/mol. The molecule has 0 aliphatic carbocycles. The minimum Gasteiger partial charge on any atom is -0.341 e. The van der Waals surface area contributed by atoms with Crippen LogP contribution >= 0.6 is 11.8 Å². The van der Waals surface area contributed by atoms with E-state index in [1.54, 1.807) is 0 Å². The summed E-state index contributed by atoms with van der Waals surface area (Å²) in [6.07, 6.45) is 2.01. The molecule has 0 aromatic heterocycles. The van der Waals surface area contributed by atoms with Gasteiger partial charge < -0.3 is 4.90 Å². The summed E-state index contributed by atoms with van der Waals surface area (Å²) in [7, 11) is 0. The van der Waals surface area contributed by atoms with Crippen LogP contribution in [0.3, 0.4) is 0 Å². The van der Waals surface area contributed by atoms with Crippen molar-refractivity contribution in [3.63, 3.8) is 0 Å². The highest BCUT2D eigenvalue weighted by Gasteiger charge is 2.29. The molecule has 2 fully saturated rings. The number of likely N-dealkylation sites (tertiary alicyclic amines) is 1. The fourth-order valence-electron chi connectivity index (χ4n) is 4.05. The molecule has 2 heterocycles. The Kier molecular flexibility index (Phi) is 5.28. The van der Waals surface area contributed by atoms with Gasteiger partial charge in [-0.15, -0.1) is 0 Å². The van der Waals surface area contributed by atoms with Crippen molar-refractivity contribution in [1.29, 1.82) is 0 Å². The van der Waals surface area contributed by atoms with Crippen molar-refractivity contribution in [2.75, 3.05) is 37.7 Å². The molecule has 0 bridgehead atoms. The van der Waals surface area contributed by atoms with E-state index in [4.69, 9.17) is 0 Å². The van der Waals surface area contributed by atoms with Crippen LogP contribution in [0, 0.1) is 5.92 Å². The van der Waals surface area contributed by atoms with Crippen LogP contribution in [0.25, 0.3) is 10.8 Å². The van der Waals surface area contributed by atoms with E-state index in [1.165, 1.54) is 16.3 Å². The normalized spacial score (nSPS) is 20.1. The Bertz CT molecular complexity index is 728. The molecule has 132 valence electrons. The van der Waals surface area contributed by atoms with E-state index in [-0.39, 0.29) is 5.92 Å². The van der Waals surface area contributed by atoms with Gasteiger partial charge in [0.15, 0.2) is 0 Å². The maximum atomic E-state index is 12.7. The number of piperidine rings is 1. The minimum absolute atomic E-state index is 0.242. The molecule has 0 saturated carbocycles. The quantitative estimate of drug-likeness (QED) is 0.841. The van der Waals surface area contributed by atoms with Gasteiger partial charge in [0.1, 0.15) is 0 Å². The van der Waals surface area contributed by atoms with Crippen molar-refractivity contribution in [3.8, 4) is 0 Å². The van der Waals surface area contributed by atoms with Crippen LogP contribution in [0.15, 0.2) is 42.5 Å². The van der Waals surface area contributed by atoms with Crippen molar-refractivity contribution in [1.82, 2.24) is 9.80 Å². The Morgan fingerprint density at radius 2 is 1.68 bits per heavy atom. The number of nitrogens with zero attached hydrogens (tertiary/aromatic N) is 2. The molecule has 4 rings (SSSR count). The van der Waals surface area contributed by atoms with Crippen LogP contribution in [-0.4, -0.2) is 53.4 Å². The van der Waals surface area contributed by atoms with Crippen LogP contribution in [0.1, 0.15) is 18.4 Å². The smallest absolute Gasteiger partial charge is 0.225 e. The number of rotatable bonds is 3. The number of benzene rings is 2. The third-order valence-electron chi connectivity index (χ3n) is 5.53. The number of hydrogen-bond acceptors (Lipinski definition) is 3. The van der Waals surface area contributed by atoms with Crippen LogP contribution in [-0.2, 0) is 11.3 Å². The summed E-state index contributed by atoms with van der Waals surface area (Å²) in [5, 5.41) is 2.67. The number of amides is 1. The lowest BCUT2D eigenvalue weighted by Gasteiger charge is -2.35. The molecule has 2 aromatic carbocycles. The van der Waals surface area contributed by atoms with E-state index in [0.29, 0.717) is 5.91 Å². The second-order valence-electron chi connectivity index (χ2n) is 7.13. The zero-order valence-corrected chi connectivity index (χ0v) is 15.5. The minimum atomic E-state index is 0.242. The van der Waals surface area contributed by atoms with Crippen molar-refractivity contribution in [2.24, 2.45) is 5.92 Å². The third-order valence-corrected chi connectivity index (χ3v) is 6.48. The van der Waals surface area contributed by atoms with Crippen LogP contribution in [0.2, 0.25) is 0 Å². The van der Waals surface area contributed by atoms with Crippen LogP contribution in [0.4, 0.5) is 0 Å². The zero-order valence-electron chi connectivity index (χ0n) is 14.7. The standard InChI is InChI=1S/C21H26N2OS/c24-21(23-12-14-25-15-13-23)18-8-10-22(11-9-18)16-19-6-3-5-17-4-1-2-7-20(17)19/h1-7,18H,8-16H2. The molecule has 0 radical (unpaired) electrons. The van der Waals surface area contributed by atoms with Gasteiger partial charge in [-0.25, -0.2) is 0 Å².